The van der Waals surface area contributed by atoms with Crippen molar-refractivity contribution in [3.8, 4) is 17.1 Å². The zero-order chi connectivity index (χ0) is 20.9. The largest absolute Gasteiger partial charge is 0.484 e. The van der Waals surface area contributed by atoms with Crippen LogP contribution in [-0.2, 0) is 11.2 Å². The van der Waals surface area contributed by atoms with Crippen LogP contribution in [-0.4, -0.2) is 28.8 Å². The Kier molecular flexibility index (Phi) is 6.10. The molecular weight excluding hydrogens is 394 g/mol. The number of ether oxygens (including phenoxy) is 1. The van der Waals surface area contributed by atoms with Gasteiger partial charge in [0.15, 0.2) is 6.61 Å². The number of hydrogen-bond acceptors (Lipinski definition) is 5. The number of rotatable bonds is 7. The highest BCUT2D eigenvalue weighted by Crippen LogP contribution is 2.22. The SMILES string of the molecule is O=C(CCc1nc(-c2ccc(F)cc2)no1)Nc1cccc(OCC(F)(F)F)c1. The Morgan fingerprint density at radius 3 is 2.62 bits per heavy atom. The van der Waals surface area contributed by atoms with Crippen LogP contribution in [0.15, 0.2) is 53.1 Å². The Morgan fingerprint density at radius 2 is 1.90 bits per heavy atom. The third kappa shape index (κ3) is 6.30. The highest BCUT2D eigenvalue weighted by molar-refractivity contribution is 5.90. The van der Waals surface area contributed by atoms with Crippen LogP contribution in [0.5, 0.6) is 5.75 Å². The Balaban J connectivity index is 1.52. The maximum Gasteiger partial charge on any atom is 0.422 e. The van der Waals surface area contributed by atoms with Crippen LogP contribution in [0.1, 0.15) is 12.3 Å². The number of carbonyl (C=O) groups is 1. The number of anilines is 1. The third-order valence-corrected chi connectivity index (χ3v) is 3.66. The number of hydrogen-bond donors (Lipinski definition) is 1. The van der Waals surface area contributed by atoms with E-state index in [1.807, 2.05) is 0 Å². The van der Waals surface area contributed by atoms with Crippen LogP contribution in [0.4, 0.5) is 23.2 Å². The molecule has 0 aliphatic heterocycles. The highest BCUT2D eigenvalue weighted by Gasteiger charge is 2.28. The van der Waals surface area contributed by atoms with Gasteiger partial charge in [0, 0.05) is 30.2 Å². The summed E-state index contributed by atoms with van der Waals surface area (Å²) in [4.78, 5) is 16.2. The van der Waals surface area contributed by atoms with Gasteiger partial charge < -0.3 is 14.6 Å². The predicted octanol–water partition coefficient (Wildman–Crippen LogP) is 4.39. The second-order valence-corrected chi connectivity index (χ2v) is 6.00. The molecule has 0 bridgehead atoms. The van der Waals surface area contributed by atoms with Gasteiger partial charge in [-0.2, -0.15) is 18.2 Å². The van der Waals surface area contributed by atoms with E-state index in [0.29, 0.717) is 11.3 Å². The topological polar surface area (TPSA) is 77.2 Å². The average Bonchev–Trinajstić information content (AvgIpc) is 3.14. The normalized spacial score (nSPS) is 11.3. The fourth-order valence-electron chi connectivity index (χ4n) is 2.35. The molecule has 1 heterocycles. The number of amides is 1. The van der Waals surface area contributed by atoms with Gasteiger partial charge in [-0.1, -0.05) is 11.2 Å². The van der Waals surface area contributed by atoms with Crippen molar-refractivity contribution in [3.05, 3.63) is 60.2 Å². The Hall–Kier alpha value is -3.43. The molecule has 6 nitrogen and oxygen atoms in total. The molecule has 0 spiro atoms. The summed E-state index contributed by atoms with van der Waals surface area (Å²) in [7, 11) is 0. The molecule has 3 aromatic rings. The zero-order valence-corrected chi connectivity index (χ0v) is 14.9. The minimum atomic E-state index is -4.45. The van der Waals surface area contributed by atoms with E-state index in [0.717, 1.165) is 0 Å². The minimum Gasteiger partial charge on any atom is -0.484 e. The number of carbonyl (C=O) groups excluding carboxylic acids is 1. The molecule has 1 aromatic heterocycles. The summed E-state index contributed by atoms with van der Waals surface area (Å²) in [6, 6.07) is 11.2. The summed E-state index contributed by atoms with van der Waals surface area (Å²) < 4.78 is 59.3. The lowest BCUT2D eigenvalue weighted by molar-refractivity contribution is -0.153. The van der Waals surface area contributed by atoms with E-state index in [2.05, 4.69) is 20.2 Å². The second-order valence-electron chi connectivity index (χ2n) is 6.00. The first-order valence-corrected chi connectivity index (χ1v) is 8.46. The van der Waals surface area contributed by atoms with Gasteiger partial charge in [0.25, 0.3) is 0 Å². The monoisotopic (exact) mass is 409 g/mol. The maximum absolute atomic E-state index is 12.9. The first kappa shape index (κ1) is 20.3. The van der Waals surface area contributed by atoms with Crippen LogP contribution in [0.2, 0.25) is 0 Å². The van der Waals surface area contributed by atoms with E-state index in [9.17, 15) is 22.4 Å². The quantitative estimate of drug-likeness (QED) is 0.586. The number of aromatic nitrogens is 2. The molecule has 0 atom stereocenters. The fraction of sp³-hybridized carbons (Fsp3) is 0.211. The summed E-state index contributed by atoms with van der Waals surface area (Å²) in [5.74, 6) is -0.292. The number of alkyl halides is 3. The van der Waals surface area contributed by atoms with Gasteiger partial charge in [0.1, 0.15) is 11.6 Å². The number of halogens is 4. The Labute approximate surface area is 162 Å². The standard InChI is InChI=1S/C19H15F4N3O3/c20-13-6-4-12(5-7-13)18-25-17(29-26-18)9-8-16(27)24-14-2-1-3-15(10-14)28-11-19(21,22)23/h1-7,10H,8-9,11H2,(H,24,27). The van der Waals surface area contributed by atoms with Crippen molar-refractivity contribution in [2.24, 2.45) is 0 Å². The van der Waals surface area contributed by atoms with Gasteiger partial charge in [-0.3, -0.25) is 4.79 Å². The van der Waals surface area contributed by atoms with Crippen molar-refractivity contribution in [1.29, 1.82) is 0 Å². The van der Waals surface area contributed by atoms with Gasteiger partial charge in [-0.05, 0) is 36.4 Å². The van der Waals surface area contributed by atoms with E-state index < -0.39 is 12.8 Å². The van der Waals surface area contributed by atoms with E-state index in [1.165, 1.54) is 48.5 Å². The minimum absolute atomic E-state index is 0.0126. The lowest BCUT2D eigenvalue weighted by atomic mass is 10.2. The summed E-state index contributed by atoms with van der Waals surface area (Å²) in [6.07, 6.45) is -4.28. The Bertz CT molecular complexity index is 971. The fourth-order valence-corrected chi connectivity index (χ4v) is 2.35. The second kappa shape index (κ2) is 8.72. The molecule has 2 aromatic carbocycles. The molecule has 29 heavy (non-hydrogen) atoms. The van der Waals surface area contributed by atoms with E-state index in [4.69, 9.17) is 4.52 Å². The third-order valence-electron chi connectivity index (χ3n) is 3.66. The van der Waals surface area contributed by atoms with Crippen molar-refractivity contribution in [2.45, 2.75) is 19.0 Å². The predicted molar refractivity (Wildman–Crippen MR) is 94.6 cm³/mol. The van der Waals surface area contributed by atoms with Crippen LogP contribution < -0.4 is 10.1 Å². The summed E-state index contributed by atoms with van der Waals surface area (Å²) >= 11 is 0. The first-order valence-electron chi connectivity index (χ1n) is 8.46. The average molecular weight is 409 g/mol. The molecule has 0 saturated carbocycles. The van der Waals surface area contributed by atoms with Gasteiger partial charge in [-0.25, -0.2) is 4.39 Å². The summed E-state index contributed by atoms with van der Waals surface area (Å²) in [5, 5.41) is 6.34. The number of nitrogens with zero attached hydrogens (tertiary/aromatic N) is 2. The molecule has 1 amide bonds. The molecule has 0 unspecified atom stereocenters. The van der Waals surface area contributed by atoms with Crippen molar-refractivity contribution < 1.29 is 31.6 Å². The van der Waals surface area contributed by atoms with Gasteiger partial charge >= 0.3 is 6.18 Å². The summed E-state index contributed by atoms with van der Waals surface area (Å²) in [6.45, 7) is -1.42. The molecule has 0 fully saturated rings. The number of aryl methyl sites for hydroxylation is 1. The molecule has 0 saturated heterocycles. The van der Waals surface area contributed by atoms with E-state index >= 15 is 0 Å². The van der Waals surface area contributed by atoms with Crippen LogP contribution in [0.25, 0.3) is 11.4 Å². The van der Waals surface area contributed by atoms with Crippen molar-refractivity contribution in [3.63, 3.8) is 0 Å². The van der Waals surface area contributed by atoms with Gasteiger partial charge in [-0.15, -0.1) is 0 Å². The molecule has 3 rings (SSSR count). The molecule has 0 aliphatic carbocycles. The lowest BCUT2D eigenvalue weighted by Crippen LogP contribution is -2.19. The van der Waals surface area contributed by atoms with Crippen molar-refractivity contribution in [1.82, 2.24) is 10.1 Å². The lowest BCUT2D eigenvalue weighted by Gasteiger charge is -2.10. The Morgan fingerprint density at radius 1 is 1.14 bits per heavy atom. The molecule has 0 radical (unpaired) electrons. The summed E-state index contributed by atoms with van der Waals surface area (Å²) in [5.41, 5.74) is 0.869. The van der Waals surface area contributed by atoms with Gasteiger partial charge in [0.2, 0.25) is 17.6 Å². The van der Waals surface area contributed by atoms with E-state index in [-0.39, 0.29) is 42.0 Å². The molecule has 0 aliphatic rings. The van der Waals surface area contributed by atoms with Crippen molar-refractivity contribution >= 4 is 11.6 Å². The smallest absolute Gasteiger partial charge is 0.422 e. The highest BCUT2D eigenvalue weighted by atomic mass is 19.4. The van der Waals surface area contributed by atoms with Crippen LogP contribution in [0.3, 0.4) is 0 Å². The van der Waals surface area contributed by atoms with Crippen LogP contribution in [0, 0.1) is 5.82 Å². The van der Waals surface area contributed by atoms with Gasteiger partial charge in [0.05, 0.1) is 0 Å². The van der Waals surface area contributed by atoms with Crippen LogP contribution >= 0.6 is 0 Å². The maximum atomic E-state index is 12.9. The number of benzene rings is 2. The van der Waals surface area contributed by atoms with Crippen molar-refractivity contribution in [2.75, 3.05) is 11.9 Å². The van der Waals surface area contributed by atoms with E-state index in [1.54, 1.807) is 0 Å². The zero-order valence-electron chi connectivity index (χ0n) is 14.9. The number of nitrogens with one attached hydrogen (secondary N) is 1. The molecule has 152 valence electrons. The molecular formula is C19H15F4N3O3. The molecule has 1 N–H and O–H groups in total. The first-order chi connectivity index (χ1) is 13.8. The molecule has 10 heteroatoms.